The largest absolute Gasteiger partial charge is 0.452 e. The molecule has 1 amide bonds. The molecule has 0 radical (unpaired) electrons. The third-order valence-corrected chi connectivity index (χ3v) is 3.58. The summed E-state index contributed by atoms with van der Waals surface area (Å²) in [6.07, 6.45) is 0. The predicted octanol–water partition coefficient (Wildman–Crippen LogP) is 2.93. The molecule has 0 spiro atoms. The average Bonchev–Trinajstić information content (AvgIpc) is 2.56. The summed E-state index contributed by atoms with van der Waals surface area (Å²) in [4.78, 5) is 34.2. The average molecular weight is 364 g/mol. The number of hydrogen-bond donors (Lipinski definition) is 2. The van der Waals surface area contributed by atoms with Crippen LogP contribution in [0.25, 0.3) is 0 Å². The van der Waals surface area contributed by atoms with Gasteiger partial charge < -0.3 is 15.8 Å². The van der Waals surface area contributed by atoms with Gasteiger partial charge in [-0.25, -0.2) is 4.79 Å². The number of amides is 1. The van der Waals surface area contributed by atoms with E-state index in [4.69, 9.17) is 22.1 Å². The maximum absolute atomic E-state index is 12.0. The highest BCUT2D eigenvalue weighted by Crippen LogP contribution is 2.25. The van der Waals surface area contributed by atoms with Crippen LogP contribution in [0.5, 0.6) is 0 Å². The normalized spacial score (nSPS) is 10.2. The molecule has 25 heavy (non-hydrogen) atoms. The van der Waals surface area contributed by atoms with Gasteiger partial charge in [-0.15, -0.1) is 0 Å². The summed E-state index contributed by atoms with van der Waals surface area (Å²) in [6, 6.07) is 8.59. The van der Waals surface area contributed by atoms with Gasteiger partial charge in [-0.3, -0.25) is 14.9 Å². The Kier molecular flexibility index (Phi) is 5.56. The van der Waals surface area contributed by atoms with E-state index in [1.165, 1.54) is 43.3 Å². The van der Waals surface area contributed by atoms with Crippen molar-refractivity contribution in [3.63, 3.8) is 0 Å². The second-order valence-electron chi connectivity index (χ2n) is 5.06. The molecule has 9 heteroatoms. The number of nitrogens with zero attached hydrogens (tertiary/aromatic N) is 1. The molecule has 0 aliphatic heterocycles. The number of anilines is 2. The van der Waals surface area contributed by atoms with Crippen molar-refractivity contribution in [2.45, 2.75) is 6.92 Å². The molecule has 2 rings (SSSR count). The summed E-state index contributed by atoms with van der Waals surface area (Å²) in [6.45, 7) is 0.930. The fraction of sp³-hybridized carbons (Fsp3) is 0.125. The van der Waals surface area contributed by atoms with Crippen LogP contribution in [0.1, 0.15) is 15.9 Å². The molecule has 0 heterocycles. The first-order valence-electron chi connectivity index (χ1n) is 7.05. The van der Waals surface area contributed by atoms with E-state index < -0.39 is 23.4 Å². The van der Waals surface area contributed by atoms with Gasteiger partial charge in [0.1, 0.15) is 0 Å². The Labute approximate surface area is 147 Å². The number of nitrogen functional groups attached to an aromatic ring is 1. The summed E-state index contributed by atoms with van der Waals surface area (Å²) in [5, 5.41) is 13.7. The van der Waals surface area contributed by atoms with E-state index in [-0.39, 0.29) is 22.6 Å². The second kappa shape index (κ2) is 7.63. The zero-order valence-electron chi connectivity index (χ0n) is 13.1. The van der Waals surface area contributed by atoms with Crippen LogP contribution in [-0.2, 0) is 9.53 Å². The number of nitro groups is 1. The van der Waals surface area contributed by atoms with Crippen molar-refractivity contribution in [2.24, 2.45) is 0 Å². The number of benzene rings is 2. The van der Waals surface area contributed by atoms with Crippen LogP contribution in [0.2, 0.25) is 5.02 Å². The Morgan fingerprint density at radius 3 is 2.72 bits per heavy atom. The van der Waals surface area contributed by atoms with Crippen LogP contribution in [0.3, 0.4) is 0 Å². The molecule has 0 saturated carbocycles. The van der Waals surface area contributed by atoms with Gasteiger partial charge in [-0.05, 0) is 31.2 Å². The predicted molar refractivity (Wildman–Crippen MR) is 92.6 cm³/mol. The van der Waals surface area contributed by atoms with Crippen LogP contribution in [0.15, 0.2) is 36.4 Å². The van der Waals surface area contributed by atoms with E-state index in [1.54, 1.807) is 0 Å². The molecule has 3 N–H and O–H groups in total. The van der Waals surface area contributed by atoms with Gasteiger partial charge in [0, 0.05) is 16.8 Å². The molecular formula is C16H14ClN3O5. The van der Waals surface area contributed by atoms with E-state index in [1.807, 2.05) is 0 Å². The fourth-order valence-corrected chi connectivity index (χ4v) is 2.23. The smallest absolute Gasteiger partial charge is 0.340 e. The Morgan fingerprint density at radius 2 is 2.04 bits per heavy atom. The molecular weight excluding hydrogens is 350 g/mol. The van der Waals surface area contributed by atoms with Gasteiger partial charge in [-0.1, -0.05) is 17.7 Å². The molecule has 2 aromatic carbocycles. The Hall–Kier alpha value is -3.13. The van der Waals surface area contributed by atoms with E-state index in [0.29, 0.717) is 10.6 Å². The van der Waals surface area contributed by atoms with Crippen molar-refractivity contribution in [1.82, 2.24) is 0 Å². The van der Waals surface area contributed by atoms with Crippen molar-refractivity contribution in [2.75, 3.05) is 17.7 Å². The zero-order valence-corrected chi connectivity index (χ0v) is 13.9. The Bertz CT molecular complexity index is 854. The molecule has 0 bridgehead atoms. The van der Waals surface area contributed by atoms with E-state index in [9.17, 15) is 19.7 Å². The van der Waals surface area contributed by atoms with Crippen LogP contribution in [0.4, 0.5) is 17.1 Å². The Morgan fingerprint density at radius 1 is 1.32 bits per heavy atom. The fourth-order valence-electron chi connectivity index (χ4n) is 2.06. The number of nitrogens with one attached hydrogen (secondary N) is 1. The van der Waals surface area contributed by atoms with E-state index >= 15 is 0 Å². The number of nitro benzene ring substituents is 1. The lowest BCUT2D eigenvalue weighted by atomic mass is 10.1. The maximum Gasteiger partial charge on any atom is 0.340 e. The van der Waals surface area contributed by atoms with Crippen molar-refractivity contribution in [3.05, 3.63) is 62.7 Å². The molecule has 0 fully saturated rings. The molecule has 0 saturated heterocycles. The van der Waals surface area contributed by atoms with Gasteiger partial charge in [0.15, 0.2) is 6.61 Å². The highest BCUT2D eigenvalue weighted by atomic mass is 35.5. The molecule has 8 nitrogen and oxygen atoms in total. The summed E-state index contributed by atoms with van der Waals surface area (Å²) < 4.78 is 4.89. The number of rotatable bonds is 5. The highest BCUT2D eigenvalue weighted by molar-refractivity contribution is 6.31. The lowest BCUT2D eigenvalue weighted by Crippen LogP contribution is -2.22. The van der Waals surface area contributed by atoms with E-state index in [0.717, 1.165) is 0 Å². The van der Waals surface area contributed by atoms with Gasteiger partial charge in [0.25, 0.3) is 11.6 Å². The lowest BCUT2D eigenvalue weighted by molar-refractivity contribution is -0.385. The SMILES string of the molecule is Cc1c(NC(=O)COC(=O)c2cc(Cl)ccc2N)cccc1[N+](=O)[O-]. The highest BCUT2D eigenvalue weighted by Gasteiger charge is 2.17. The molecule has 0 aromatic heterocycles. The minimum atomic E-state index is -0.800. The van der Waals surface area contributed by atoms with Gasteiger partial charge in [0.2, 0.25) is 0 Å². The summed E-state index contributed by atoms with van der Waals surface area (Å²) in [5.41, 5.74) is 6.32. The minimum Gasteiger partial charge on any atom is -0.452 e. The monoisotopic (exact) mass is 363 g/mol. The van der Waals surface area contributed by atoms with Crippen molar-refractivity contribution in [1.29, 1.82) is 0 Å². The summed E-state index contributed by atoms with van der Waals surface area (Å²) in [5.74, 6) is -1.44. The number of esters is 1. The van der Waals surface area contributed by atoms with Crippen LogP contribution >= 0.6 is 11.6 Å². The minimum absolute atomic E-state index is 0.0480. The molecule has 0 unspecified atom stereocenters. The molecule has 0 aliphatic rings. The summed E-state index contributed by atoms with van der Waals surface area (Å²) >= 11 is 5.79. The first kappa shape index (κ1) is 18.2. The summed E-state index contributed by atoms with van der Waals surface area (Å²) in [7, 11) is 0. The topological polar surface area (TPSA) is 125 Å². The first-order valence-corrected chi connectivity index (χ1v) is 7.43. The van der Waals surface area contributed by atoms with E-state index in [2.05, 4.69) is 5.32 Å². The molecule has 130 valence electrons. The first-order chi connectivity index (χ1) is 11.8. The Balaban J connectivity index is 2.02. The second-order valence-corrected chi connectivity index (χ2v) is 5.50. The number of nitrogens with two attached hydrogens (primary N) is 1. The molecule has 0 atom stereocenters. The standard InChI is InChI=1S/C16H14ClN3O5/c1-9-13(3-2-4-14(9)20(23)24)19-15(21)8-25-16(22)11-7-10(17)5-6-12(11)18/h2-7H,8,18H2,1H3,(H,19,21). The molecule has 2 aromatic rings. The molecule has 0 aliphatic carbocycles. The van der Waals surface area contributed by atoms with Gasteiger partial charge in [-0.2, -0.15) is 0 Å². The van der Waals surface area contributed by atoms with Gasteiger partial charge in [0.05, 0.1) is 21.7 Å². The quantitative estimate of drug-likeness (QED) is 0.364. The van der Waals surface area contributed by atoms with Crippen LogP contribution in [0, 0.1) is 17.0 Å². The van der Waals surface area contributed by atoms with Crippen molar-refractivity contribution < 1.29 is 19.2 Å². The third kappa shape index (κ3) is 4.45. The van der Waals surface area contributed by atoms with Crippen LogP contribution < -0.4 is 11.1 Å². The maximum atomic E-state index is 12.0. The number of hydrogen-bond acceptors (Lipinski definition) is 6. The van der Waals surface area contributed by atoms with Crippen molar-refractivity contribution in [3.8, 4) is 0 Å². The zero-order chi connectivity index (χ0) is 18.6. The van der Waals surface area contributed by atoms with Crippen molar-refractivity contribution >= 4 is 40.5 Å². The third-order valence-electron chi connectivity index (χ3n) is 3.35. The van der Waals surface area contributed by atoms with Crippen LogP contribution in [-0.4, -0.2) is 23.4 Å². The van der Waals surface area contributed by atoms with Gasteiger partial charge >= 0.3 is 5.97 Å². The number of ether oxygens (including phenoxy) is 1. The number of carbonyl (C=O) groups excluding carboxylic acids is 2. The number of halogens is 1. The lowest BCUT2D eigenvalue weighted by Gasteiger charge is -2.10. The number of carbonyl (C=O) groups is 2.